The Morgan fingerprint density at radius 2 is 2.14 bits per heavy atom. The van der Waals surface area contributed by atoms with Gasteiger partial charge in [0.2, 0.25) is 0 Å². The quantitative estimate of drug-likeness (QED) is 0.778. The SMILES string of the molecule is NCC(CC1COC1)c1ccncc1. The Kier molecular flexibility index (Phi) is 3.11. The van der Waals surface area contributed by atoms with E-state index in [1.807, 2.05) is 12.4 Å². The van der Waals surface area contributed by atoms with Crippen molar-refractivity contribution in [3.8, 4) is 0 Å². The lowest BCUT2D eigenvalue weighted by Crippen LogP contribution is -2.30. The third kappa shape index (κ3) is 2.11. The van der Waals surface area contributed by atoms with Gasteiger partial charge in [0.05, 0.1) is 13.2 Å². The summed E-state index contributed by atoms with van der Waals surface area (Å²) in [5.74, 6) is 1.17. The molecule has 0 radical (unpaired) electrons. The molecule has 1 fully saturated rings. The Morgan fingerprint density at radius 1 is 1.43 bits per heavy atom. The number of nitrogens with zero attached hydrogens (tertiary/aromatic N) is 1. The van der Waals surface area contributed by atoms with Gasteiger partial charge in [-0.05, 0) is 36.6 Å². The van der Waals surface area contributed by atoms with Gasteiger partial charge in [0.15, 0.2) is 0 Å². The highest BCUT2D eigenvalue weighted by Gasteiger charge is 2.22. The van der Waals surface area contributed by atoms with Gasteiger partial charge in [-0.3, -0.25) is 4.98 Å². The Hall–Kier alpha value is -0.930. The molecule has 0 amide bonds. The molecule has 1 saturated heterocycles. The molecule has 14 heavy (non-hydrogen) atoms. The molecule has 76 valence electrons. The number of aromatic nitrogens is 1. The van der Waals surface area contributed by atoms with E-state index in [1.165, 1.54) is 5.56 Å². The fourth-order valence-electron chi connectivity index (χ4n) is 1.83. The Balaban J connectivity index is 1.98. The predicted octanol–water partition coefficient (Wildman–Crippen LogP) is 1.16. The molecule has 2 heterocycles. The third-order valence-corrected chi connectivity index (χ3v) is 2.79. The molecule has 0 aromatic carbocycles. The molecule has 0 spiro atoms. The van der Waals surface area contributed by atoms with Crippen molar-refractivity contribution < 1.29 is 4.74 Å². The predicted molar refractivity (Wildman–Crippen MR) is 55.0 cm³/mol. The first-order valence-corrected chi connectivity index (χ1v) is 5.08. The Morgan fingerprint density at radius 3 is 2.64 bits per heavy atom. The average Bonchev–Trinajstić information content (AvgIpc) is 2.18. The van der Waals surface area contributed by atoms with Gasteiger partial charge in [0.25, 0.3) is 0 Å². The van der Waals surface area contributed by atoms with Crippen LogP contribution in [0.25, 0.3) is 0 Å². The maximum Gasteiger partial charge on any atom is 0.0516 e. The minimum Gasteiger partial charge on any atom is -0.381 e. The molecule has 0 aliphatic carbocycles. The van der Waals surface area contributed by atoms with E-state index in [0.29, 0.717) is 18.4 Å². The van der Waals surface area contributed by atoms with Gasteiger partial charge in [-0.2, -0.15) is 0 Å². The van der Waals surface area contributed by atoms with Crippen LogP contribution in [-0.2, 0) is 4.74 Å². The molecule has 1 atom stereocenters. The first-order chi connectivity index (χ1) is 6.90. The summed E-state index contributed by atoms with van der Waals surface area (Å²) in [6.07, 6.45) is 4.80. The van der Waals surface area contributed by atoms with E-state index < -0.39 is 0 Å². The Bertz CT molecular complexity index is 272. The molecule has 0 saturated carbocycles. The van der Waals surface area contributed by atoms with Crippen LogP contribution in [0.4, 0.5) is 0 Å². The number of nitrogens with two attached hydrogens (primary N) is 1. The molecule has 2 N–H and O–H groups in total. The van der Waals surface area contributed by atoms with Gasteiger partial charge >= 0.3 is 0 Å². The van der Waals surface area contributed by atoms with Crippen molar-refractivity contribution in [2.45, 2.75) is 12.3 Å². The smallest absolute Gasteiger partial charge is 0.0516 e. The highest BCUT2D eigenvalue weighted by molar-refractivity contribution is 5.16. The fraction of sp³-hybridized carbons (Fsp3) is 0.545. The van der Waals surface area contributed by atoms with Crippen molar-refractivity contribution >= 4 is 0 Å². The van der Waals surface area contributed by atoms with Crippen molar-refractivity contribution in [3.05, 3.63) is 30.1 Å². The molecule has 1 aliphatic heterocycles. The number of pyridine rings is 1. The van der Waals surface area contributed by atoms with Gasteiger partial charge < -0.3 is 10.5 Å². The maximum atomic E-state index is 5.77. The van der Waals surface area contributed by atoms with Crippen molar-refractivity contribution in [1.29, 1.82) is 0 Å². The largest absolute Gasteiger partial charge is 0.381 e. The van der Waals surface area contributed by atoms with Crippen LogP contribution in [0.1, 0.15) is 17.9 Å². The van der Waals surface area contributed by atoms with Crippen molar-refractivity contribution in [3.63, 3.8) is 0 Å². The first kappa shape index (κ1) is 9.62. The summed E-state index contributed by atoms with van der Waals surface area (Å²) in [5, 5.41) is 0. The topological polar surface area (TPSA) is 48.1 Å². The first-order valence-electron chi connectivity index (χ1n) is 5.08. The summed E-state index contributed by atoms with van der Waals surface area (Å²) in [6, 6.07) is 4.11. The van der Waals surface area contributed by atoms with Gasteiger partial charge in [0.1, 0.15) is 0 Å². The second-order valence-corrected chi connectivity index (χ2v) is 3.85. The van der Waals surface area contributed by atoms with Crippen molar-refractivity contribution in [2.75, 3.05) is 19.8 Å². The van der Waals surface area contributed by atoms with Gasteiger partial charge in [-0.25, -0.2) is 0 Å². The lowest BCUT2D eigenvalue weighted by atomic mass is 9.88. The van der Waals surface area contributed by atoms with Crippen LogP contribution in [0.3, 0.4) is 0 Å². The number of hydrogen-bond acceptors (Lipinski definition) is 3. The summed E-state index contributed by atoms with van der Waals surface area (Å²) in [5.41, 5.74) is 7.07. The summed E-state index contributed by atoms with van der Waals surface area (Å²) in [6.45, 7) is 2.52. The molecule has 2 rings (SSSR count). The molecule has 1 unspecified atom stereocenters. The molecule has 1 aromatic rings. The summed E-state index contributed by atoms with van der Waals surface area (Å²) in [4.78, 5) is 4.01. The second-order valence-electron chi connectivity index (χ2n) is 3.85. The molecule has 1 aliphatic rings. The van der Waals surface area contributed by atoms with Crippen molar-refractivity contribution in [1.82, 2.24) is 4.98 Å². The summed E-state index contributed by atoms with van der Waals surface area (Å²) in [7, 11) is 0. The van der Waals surface area contributed by atoms with E-state index in [4.69, 9.17) is 10.5 Å². The number of hydrogen-bond donors (Lipinski definition) is 1. The van der Waals surface area contributed by atoms with Gasteiger partial charge in [-0.1, -0.05) is 0 Å². The van der Waals surface area contributed by atoms with Crippen LogP contribution in [0, 0.1) is 5.92 Å². The standard InChI is InChI=1S/C11H16N2O/c12-6-11(5-9-7-14-8-9)10-1-3-13-4-2-10/h1-4,9,11H,5-8,12H2. The average molecular weight is 192 g/mol. The van der Waals surface area contributed by atoms with E-state index in [1.54, 1.807) is 0 Å². The highest BCUT2D eigenvalue weighted by atomic mass is 16.5. The molecule has 3 heteroatoms. The van der Waals surface area contributed by atoms with E-state index in [0.717, 1.165) is 19.6 Å². The number of rotatable bonds is 4. The molecular formula is C11H16N2O. The van der Waals surface area contributed by atoms with Crippen LogP contribution in [0.5, 0.6) is 0 Å². The van der Waals surface area contributed by atoms with E-state index in [9.17, 15) is 0 Å². The van der Waals surface area contributed by atoms with E-state index >= 15 is 0 Å². The van der Waals surface area contributed by atoms with E-state index in [-0.39, 0.29) is 0 Å². The molecule has 0 bridgehead atoms. The monoisotopic (exact) mass is 192 g/mol. The van der Waals surface area contributed by atoms with Crippen LogP contribution in [-0.4, -0.2) is 24.7 Å². The van der Waals surface area contributed by atoms with Crippen LogP contribution in [0.15, 0.2) is 24.5 Å². The minimum absolute atomic E-state index is 0.465. The van der Waals surface area contributed by atoms with E-state index in [2.05, 4.69) is 17.1 Å². The maximum absolute atomic E-state index is 5.77. The van der Waals surface area contributed by atoms with Gasteiger partial charge in [-0.15, -0.1) is 0 Å². The third-order valence-electron chi connectivity index (χ3n) is 2.79. The summed E-state index contributed by atoms with van der Waals surface area (Å²) < 4.78 is 5.16. The Labute approximate surface area is 84.3 Å². The van der Waals surface area contributed by atoms with Crippen LogP contribution in [0.2, 0.25) is 0 Å². The zero-order chi connectivity index (χ0) is 9.80. The highest BCUT2D eigenvalue weighted by Crippen LogP contribution is 2.26. The second kappa shape index (κ2) is 4.53. The molecular weight excluding hydrogens is 176 g/mol. The minimum atomic E-state index is 0.465. The number of ether oxygens (including phenoxy) is 1. The molecule has 1 aromatic heterocycles. The van der Waals surface area contributed by atoms with Crippen molar-refractivity contribution in [2.24, 2.45) is 11.7 Å². The normalized spacial score (nSPS) is 18.9. The fourth-order valence-corrected chi connectivity index (χ4v) is 1.83. The lowest BCUT2D eigenvalue weighted by Gasteiger charge is -2.29. The lowest BCUT2D eigenvalue weighted by molar-refractivity contribution is -0.0382. The van der Waals surface area contributed by atoms with Crippen LogP contribution < -0.4 is 5.73 Å². The zero-order valence-electron chi connectivity index (χ0n) is 8.23. The zero-order valence-corrected chi connectivity index (χ0v) is 8.23. The van der Waals surface area contributed by atoms with Crippen LogP contribution >= 0.6 is 0 Å². The van der Waals surface area contributed by atoms with Gasteiger partial charge in [0, 0.05) is 18.3 Å². The summed E-state index contributed by atoms with van der Waals surface area (Å²) >= 11 is 0. The molecule has 3 nitrogen and oxygen atoms in total.